The largest absolute Gasteiger partial charge is 0.444 e. The fourth-order valence-electron chi connectivity index (χ4n) is 2.34. The molecule has 4 nitrogen and oxygen atoms in total. The van der Waals surface area contributed by atoms with Gasteiger partial charge in [-0.05, 0) is 26.0 Å². The second-order valence-electron chi connectivity index (χ2n) is 5.05. The number of carbonyl (C=O) groups excluding carboxylic acids is 1. The van der Waals surface area contributed by atoms with Crippen molar-refractivity contribution in [2.45, 2.75) is 32.5 Å². The molecule has 0 unspecified atom stereocenters. The molecule has 0 aliphatic carbocycles. The molecule has 1 N–H and O–H groups in total. The van der Waals surface area contributed by atoms with Crippen molar-refractivity contribution in [3.05, 3.63) is 34.1 Å². The number of carbonyl (C=O) groups is 1. The topological polar surface area (TPSA) is 41.6 Å². The predicted molar refractivity (Wildman–Crippen MR) is 85.2 cm³/mol. The smallest absolute Gasteiger partial charge is 0.410 e. The van der Waals surface area contributed by atoms with Crippen molar-refractivity contribution in [2.75, 3.05) is 13.1 Å². The summed E-state index contributed by atoms with van der Waals surface area (Å²) >= 11 is 3.19. The molecule has 0 bridgehead atoms. The molecule has 1 aromatic carbocycles. The summed E-state index contributed by atoms with van der Waals surface area (Å²) in [5.41, 5.74) is 0.372. The van der Waals surface area contributed by atoms with Crippen molar-refractivity contribution < 1.29 is 13.9 Å². The Kier molecular flexibility index (Phi) is 6.90. The molecule has 0 spiro atoms. The van der Waals surface area contributed by atoms with Crippen LogP contribution in [0.1, 0.15) is 19.4 Å². The minimum atomic E-state index is -0.395. The van der Waals surface area contributed by atoms with E-state index in [0.29, 0.717) is 10.0 Å². The first-order chi connectivity index (χ1) is 9.49. The number of amides is 1. The molecule has 1 aliphatic heterocycles. The van der Waals surface area contributed by atoms with Gasteiger partial charge in [0.05, 0.1) is 0 Å². The van der Waals surface area contributed by atoms with Crippen LogP contribution in [0.3, 0.4) is 0 Å². The quantitative estimate of drug-likeness (QED) is 0.854. The molecule has 0 saturated carbocycles. The summed E-state index contributed by atoms with van der Waals surface area (Å²) < 4.78 is 19.5. The SMILES string of the molecule is C[C@@H]1CNC[C@H](C)N1C(=O)OCc1ccc(Br)cc1F.Cl. The number of halogens is 3. The lowest BCUT2D eigenvalue weighted by molar-refractivity contribution is 0.0558. The van der Waals surface area contributed by atoms with Crippen LogP contribution in [-0.2, 0) is 11.3 Å². The first-order valence-corrected chi connectivity index (χ1v) is 7.38. The molecule has 2 atom stereocenters. The van der Waals surface area contributed by atoms with Gasteiger partial charge in [-0.15, -0.1) is 12.4 Å². The highest BCUT2D eigenvalue weighted by Gasteiger charge is 2.30. The van der Waals surface area contributed by atoms with E-state index in [4.69, 9.17) is 4.74 Å². The fourth-order valence-corrected chi connectivity index (χ4v) is 2.68. The van der Waals surface area contributed by atoms with Crippen molar-refractivity contribution in [2.24, 2.45) is 0 Å². The van der Waals surface area contributed by atoms with Crippen LogP contribution in [-0.4, -0.2) is 36.2 Å². The number of benzene rings is 1. The Morgan fingerprint density at radius 2 is 2.05 bits per heavy atom. The van der Waals surface area contributed by atoms with Gasteiger partial charge in [0.2, 0.25) is 0 Å². The fraction of sp³-hybridized carbons (Fsp3) is 0.500. The van der Waals surface area contributed by atoms with E-state index in [2.05, 4.69) is 21.2 Å². The highest BCUT2D eigenvalue weighted by atomic mass is 79.9. The number of ether oxygens (including phenoxy) is 1. The first-order valence-electron chi connectivity index (χ1n) is 6.58. The zero-order valence-corrected chi connectivity index (χ0v) is 14.3. The average Bonchev–Trinajstić information content (AvgIpc) is 2.37. The normalized spacial score (nSPS) is 21.6. The third kappa shape index (κ3) is 4.56. The van der Waals surface area contributed by atoms with Gasteiger partial charge >= 0.3 is 6.09 Å². The molecule has 1 saturated heterocycles. The van der Waals surface area contributed by atoms with Gasteiger partial charge < -0.3 is 15.0 Å². The number of nitrogens with one attached hydrogen (secondary N) is 1. The number of nitrogens with zero attached hydrogens (tertiary/aromatic N) is 1. The summed E-state index contributed by atoms with van der Waals surface area (Å²) in [6.45, 7) is 5.35. The van der Waals surface area contributed by atoms with E-state index < -0.39 is 6.09 Å². The first kappa shape index (κ1) is 18.2. The molecule has 21 heavy (non-hydrogen) atoms. The van der Waals surface area contributed by atoms with Crippen LogP contribution in [0.5, 0.6) is 0 Å². The summed E-state index contributed by atoms with van der Waals surface area (Å²) in [4.78, 5) is 13.8. The minimum Gasteiger partial charge on any atom is -0.444 e. The molecule has 1 fully saturated rings. The summed E-state index contributed by atoms with van der Waals surface area (Å²) in [6.07, 6.45) is -0.395. The van der Waals surface area contributed by atoms with Crippen LogP contribution in [0.25, 0.3) is 0 Å². The van der Waals surface area contributed by atoms with E-state index >= 15 is 0 Å². The van der Waals surface area contributed by atoms with Crippen molar-refractivity contribution >= 4 is 34.4 Å². The van der Waals surface area contributed by atoms with E-state index in [1.165, 1.54) is 6.07 Å². The van der Waals surface area contributed by atoms with Gasteiger partial charge in [-0.3, -0.25) is 0 Å². The standard InChI is InChI=1S/C14H18BrFN2O2.ClH/c1-9-6-17-7-10(2)18(9)14(19)20-8-11-3-4-12(15)5-13(11)16;/h3-5,9-10,17H,6-8H2,1-2H3;1H/t9-,10+;. The van der Waals surface area contributed by atoms with Crippen molar-refractivity contribution in [3.63, 3.8) is 0 Å². The zero-order chi connectivity index (χ0) is 14.7. The van der Waals surface area contributed by atoms with Gasteiger partial charge in [0.1, 0.15) is 12.4 Å². The Hall–Kier alpha value is -0.850. The van der Waals surface area contributed by atoms with Crippen molar-refractivity contribution in [1.29, 1.82) is 0 Å². The molecule has 118 valence electrons. The molecular weight excluding hydrogens is 363 g/mol. The summed E-state index contributed by atoms with van der Waals surface area (Å²) in [6, 6.07) is 4.83. The van der Waals surface area contributed by atoms with E-state index in [-0.39, 0.29) is 36.9 Å². The Balaban J connectivity index is 0.00000220. The van der Waals surface area contributed by atoms with Gasteiger partial charge in [-0.2, -0.15) is 0 Å². The van der Waals surface area contributed by atoms with Crippen molar-refractivity contribution in [3.8, 4) is 0 Å². The van der Waals surface area contributed by atoms with Crippen LogP contribution in [0, 0.1) is 5.82 Å². The molecule has 1 amide bonds. The number of hydrogen-bond donors (Lipinski definition) is 1. The van der Waals surface area contributed by atoms with Gasteiger partial charge in [-0.25, -0.2) is 9.18 Å². The van der Waals surface area contributed by atoms with E-state index in [0.717, 1.165) is 13.1 Å². The van der Waals surface area contributed by atoms with Gasteiger partial charge in [0.25, 0.3) is 0 Å². The molecule has 2 rings (SSSR count). The monoisotopic (exact) mass is 380 g/mol. The number of rotatable bonds is 2. The van der Waals surface area contributed by atoms with E-state index in [9.17, 15) is 9.18 Å². The van der Waals surface area contributed by atoms with Crippen LogP contribution in [0.2, 0.25) is 0 Å². The van der Waals surface area contributed by atoms with Crippen LogP contribution in [0.4, 0.5) is 9.18 Å². The molecule has 1 aliphatic rings. The molecule has 7 heteroatoms. The van der Waals surface area contributed by atoms with Gasteiger partial charge in [0, 0.05) is 35.2 Å². The lowest BCUT2D eigenvalue weighted by atomic mass is 10.1. The second-order valence-corrected chi connectivity index (χ2v) is 5.97. The molecule has 0 aromatic heterocycles. The third-order valence-electron chi connectivity index (χ3n) is 3.41. The Labute approximate surface area is 138 Å². The minimum absolute atomic E-state index is 0. The molecule has 0 radical (unpaired) electrons. The molecule has 1 heterocycles. The Bertz CT molecular complexity index is 494. The van der Waals surface area contributed by atoms with Crippen LogP contribution in [0.15, 0.2) is 22.7 Å². The average molecular weight is 382 g/mol. The van der Waals surface area contributed by atoms with E-state index in [1.54, 1.807) is 17.0 Å². The summed E-state index contributed by atoms with van der Waals surface area (Å²) in [5, 5.41) is 3.24. The Morgan fingerprint density at radius 3 is 2.62 bits per heavy atom. The van der Waals surface area contributed by atoms with Crippen LogP contribution < -0.4 is 5.32 Å². The maximum Gasteiger partial charge on any atom is 0.410 e. The van der Waals surface area contributed by atoms with Crippen LogP contribution >= 0.6 is 28.3 Å². The summed E-state index contributed by atoms with van der Waals surface area (Å²) in [5.74, 6) is -0.381. The zero-order valence-electron chi connectivity index (χ0n) is 11.9. The highest BCUT2D eigenvalue weighted by molar-refractivity contribution is 9.10. The highest BCUT2D eigenvalue weighted by Crippen LogP contribution is 2.17. The maximum absolute atomic E-state index is 13.7. The number of hydrogen-bond acceptors (Lipinski definition) is 3. The third-order valence-corrected chi connectivity index (χ3v) is 3.90. The lowest BCUT2D eigenvalue weighted by Gasteiger charge is -2.38. The maximum atomic E-state index is 13.7. The second kappa shape index (κ2) is 7.96. The molecular formula is C14H19BrClFN2O2. The molecule has 1 aromatic rings. The van der Waals surface area contributed by atoms with Gasteiger partial charge in [0.15, 0.2) is 0 Å². The summed E-state index contributed by atoms with van der Waals surface area (Å²) in [7, 11) is 0. The van der Waals surface area contributed by atoms with E-state index in [1.807, 2.05) is 13.8 Å². The van der Waals surface area contributed by atoms with Gasteiger partial charge in [-0.1, -0.05) is 22.0 Å². The number of piperazine rings is 1. The predicted octanol–water partition coefficient (Wildman–Crippen LogP) is 3.33. The Morgan fingerprint density at radius 1 is 1.43 bits per heavy atom. The lowest BCUT2D eigenvalue weighted by Crippen LogP contribution is -2.57. The van der Waals surface area contributed by atoms with Crippen molar-refractivity contribution in [1.82, 2.24) is 10.2 Å².